The summed E-state index contributed by atoms with van der Waals surface area (Å²) in [5, 5.41) is 0. The third kappa shape index (κ3) is 9.48. The van der Waals surface area contributed by atoms with Gasteiger partial charge >= 0.3 is 5.97 Å². The van der Waals surface area contributed by atoms with Crippen molar-refractivity contribution >= 4 is 5.97 Å². The van der Waals surface area contributed by atoms with Crippen LogP contribution < -0.4 is 0 Å². The molecule has 0 spiro atoms. The van der Waals surface area contributed by atoms with Gasteiger partial charge in [-0.3, -0.25) is 9.69 Å². The number of hydrogen-bond acceptors (Lipinski definition) is 6. The Hall–Kier alpha value is -1.61. The van der Waals surface area contributed by atoms with Crippen LogP contribution in [-0.4, -0.2) is 88.8 Å². The molecule has 0 saturated heterocycles. The number of benzene rings is 1. The van der Waals surface area contributed by atoms with Gasteiger partial charge < -0.3 is 19.1 Å². The third-order valence-electron chi connectivity index (χ3n) is 7.96. The van der Waals surface area contributed by atoms with Crippen LogP contribution in [0, 0.1) is 23.1 Å². The second-order valence-corrected chi connectivity index (χ2v) is 12.5. The minimum atomic E-state index is -0.651. The van der Waals surface area contributed by atoms with E-state index in [-0.39, 0.29) is 35.0 Å². The molecule has 2 atom stereocenters. The molecule has 0 bridgehead atoms. The van der Waals surface area contributed by atoms with Gasteiger partial charge in [-0.25, -0.2) is 8.78 Å². The molecule has 1 aromatic rings. The number of carbonyl (C=O) groups excluding carboxylic acids is 1. The van der Waals surface area contributed by atoms with Crippen LogP contribution in [0.5, 0.6) is 0 Å². The highest BCUT2D eigenvalue weighted by atomic mass is 19.1. The normalized spacial score (nSPS) is 19.8. The predicted octanol–water partition coefficient (Wildman–Crippen LogP) is 5.69. The maximum Gasteiger partial charge on any atom is 0.308 e. The van der Waals surface area contributed by atoms with Crippen molar-refractivity contribution in [3.63, 3.8) is 0 Å². The van der Waals surface area contributed by atoms with E-state index in [1.807, 2.05) is 24.8 Å². The smallest absolute Gasteiger partial charge is 0.308 e. The first-order chi connectivity index (χ1) is 18.4. The van der Waals surface area contributed by atoms with Crippen molar-refractivity contribution in [2.75, 3.05) is 67.5 Å². The van der Waals surface area contributed by atoms with E-state index in [0.29, 0.717) is 45.6 Å². The molecule has 0 aromatic heterocycles. The van der Waals surface area contributed by atoms with Crippen LogP contribution in [0.1, 0.15) is 70.9 Å². The molecule has 0 fully saturated rings. The minimum Gasteiger partial charge on any atom is -0.458 e. The molecule has 2 rings (SSSR count). The van der Waals surface area contributed by atoms with Gasteiger partial charge in [0.25, 0.3) is 0 Å². The predicted molar refractivity (Wildman–Crippen MR) is 152 cm³/mol. The molecule has 1 aliphatic carbocycles. The second-order valence-electron chi connectivity index (χ2n) is 12.5. The van der Waals surface area contributed by atoms with E-state index < -0.39 is 12.4 Å². The fraction of sp³-hybridized carbons (Fsp3) is 0.774. The monoisotopic (exact) mass is 554 g/mol. The molecule has 0 saturated carbocycles. The molecule has 39 heavy (non-hydrogen) atoms. The Morgan fingerprint density at radius 3 is 2.36 bits per heavy atom. The Morgan fingerprint density at radius 1 is 1.13 bits per heavy atom. The van der Waals surface area contributed by atoms with Gasteiger partial charge in [-0.05, 0) is 62.0 Å². The summed E-state index contributed by atoms with van der Waals surface area (Å²) in [4.78, 5) is 17.0. The number of aryl methyl sites for hydroxylation is 1. The fourth-order valence-corrected chi connectivity index (χ4v) is 6.22. The lowest BCUT2D eigenvalue weighted by atomic mass is 9.65. The largest absolute Gasteiger partial charge is 0.458 e. The second kappa shape index (κ2) is 15.4. The van der Waals surface area contributed by atoms with Gasteiger partial charge in [-0.1, -0.05) is 40.7 Å². The molecule has 0 radical (unpaired) electrons. The van der Waals surface area contributed by atoms with Gasteiger partial charge in [0.15, 0.2) is 0 Å². The average Bonchev–Trinajstić information content (AvgIpc) is 2.86. The van der Waals surface area contributed by atoms with E-state index in [1.54, 1.807) is 20.3 Å². The van der Waals surface area contributed by atoms with Gasteiger partial charge in [-0.15, -0.1) is 0 Å². The fourth-order valence-electron chi connectivity index (χ4n) is 6.22. The van der Waals surface area contributed by atoms with Crippen LogP contribution in [0.2, 0.25) is 0 Å². The molecule has 224 valence electrons. The molecule has 0 aliphatic heterocycles. The maximum absolute atomic E-state index is 14.0. The number of fused-ring (bicyclic) bond motifs is 1. The van der Waals surface area contributed by atoms with Gasteiger partial charge in [-0.2, -0.15) is 0 Å². The zero-order valence-electron chi connectivity index (χ0n) is 25.5. The summed E-state index contributed by atoms with van der Waals surface area (Å²) in [6.45, 7) is 13.3. The first-order valence-electron chi connectivity index (χ1n) is 14.4. The number of hydrogen-bond donors (Lipinski definition) is 0. The number of nitrogens with zero attached hydrogens (tertiary/aromatic N) is 2. The number of halogens is 2. The van der Waals surface area contributed by atoms with Crippen molar-refractivity contribution in [2.24, 2.45) is 17.3 Å². The first kappa shape index (κ1) is 33.6. The van der Waals surface area contributed by atoms with Crippen molar-refractivity contribution in [1.82, 2.24) is 9.80 Å². The van der Waals surface area contributed by atoms with Crippen LogP contribution in [0.15, 0.2) is 18.2 Å². The third-order valence-corrected chi connectivity index (χ3v) is 7.96. The van der Waals surface area contributed by atoms with Crippen LogP contribution in [0.3, 0.4) is 0 Å². The highest BCUT2D eigenvalue weighted by molar-refractivity contribution is 5.72. The Kier molecular flexibility index (Phi) is 13.3. The van der Waals surface area contributed by atoms with Crippen molar-refractivity contribution in [3.05, 3.63) is 35.1 Å². The minimum absolute atomic E-state index is 0.0146. The zero-order chi connectivity index (χ0) is 29.2. The lowest BCUT2D eigenvalue weighted by Crippen LogP contribution is -2.49. The quantitative estimate of drug-likeness (QED) is 0.182. The topological polar surface area (TPSA) is 51.2 Å². The number of rotatable bonds is 17. The standard InChI is InChI=1S/C31H52F2N2O4/c1-23(2)28-27-11-10-26(33)18-25(27)12-13-31(28,39-29(36)24(3)4)14-17-34(6)15-9-16-35(22-32)19-30(5,20-37-7)21-38-8/h10-11,18,23-24,28H,9,12-17,19-22H2,1-8H3/t28-,31-/m0/s1. The van der Waals surface area contributed by atoms with Gasteiger partial charge in [0, 0.05) is 51.6 Å². The summed E-state index contributed by atoms with van der Waals surface area (Å²) < 4.78 is 44.9. The van der Waals surface area contributed by atoms with E-state index in [4.69, 9.17) is 14.2 Å². The summed E-state index contributed by atoms with van der Waals surface area (Å²) in [6, 6.07) is 5.02. The number of carbonyl (C=O) groups is 1. The summed E-state index contributed by atoms with van der Waals surface area (Å²) in [7, 11) is 5.37. The Labute approximate surface area is 235 Å². The van der Waals surface area contributed by atoms with Gasteiger partial charge in [0.2, 0.25) is 0 Å². The maximum atomic E-state index is 14.0. The lowest BCUT2D eigenvalue weighted by Gasteiger charge is -2.47. The van der Waals surface area contributed by atoms with E-state index in [1.165, 1.54) is 6.07 Å². The van der Waals surface area contributed by atoms with Gasteiger partial charge in [0.05, 0.1) is 19.1 Å². The number of methoxy groups -OCH3 is 2. The highest BCUT2D eigenvalue weighted by Crippen LogP contribution is 2.48. The van der Waals surface area contributed by atoms with E-state index in [2.05, 4.69) is 32.7 Å². The summed E-state index contributed by atoms with van der Waals surface area (Å²) in [5.41, 5.74) is 1.17. The Balaban J connectivity index is 2.10. The van der Waals surface area contributed by atoms with E-state index in [0.717, 1.165) is 30.6 Å². The van der Waals surface area contributed by atoms with Crippen LogP contribution >= 0.6 is 0 Å². The molecule has 0 N–H and O–H groups in total. The molecule has 1 aromatic carbocycles. The SMILES string of the molecule is COCC(C)(COC)CN(CF)CCCN(C)CC[C@@]1(OC(=O)C(C)C)CCc2cc(F)ccc2[C@@H]1C(C)C. The number of alkyl halides is 1. The van der Waals surface area contributed by atoms with Gasteiger partial charge in [0.1, 0.15) is 18.2 Å². The average molecular weight is 555 g/mol. The summed E-state index contributed by atoms with van der Waals surface area (Å²) in [6.07, 6.45) is 2.85. The Morgan fingerprint density at radius 2 is 1.79 bits per heavy atom. The molecule has 6 nitrogen and oxygen atoms in total. The zero-order valence-corrected chi connectivity index (χ0v) is 25.5. The molecule has 1 aliphatic rings. The number of ether oxygens (including phenoxy) is 3. The highest BCUT2D eigenvalue weighted by Gasteiger charge is 2.48. The lowest BCUT2D eigenvalue weighted by molar-refractivity contribution is -0.171. The first-order valence-corrected chi connectivity index (χ1v) is 14.4. The molecule has 0 heterocycles. The van der Waals surface area contributed by atoms with Crippen molar-refractivity contribution in [3.8, 4) is 0 Å². The summed E-state index contributed by atoms with van der Waals surface area (Å²) >= 11 is 0. The van der Waals surface area contributed by atoms with Crippen LogP contribution in [-0.2, 0) is 25.4 Å². The van der Waals surface area contributed by atoms with Crippen LogP contribution in [0.4, 0.5) is 8.78 Å². The number of esters is 1. The molecule has 0 amide bonds. The molecule has 8 heteroatoms. The molecular formula is C31H52F2N2O4. The van der Waals surface area contributed by atoms with Crippen molar-refractivity contribution in [2.45, 2.75) is 71.8 Å². The van der Waals surface area contributed by atoms with E-state index >= 15 is 0 Å². The molecule has 0 unspecified atom stereocenters. The molecular weight excluding hydrogens is 502 g/mol. The Bertz CT molecular complexity index is 891. The van der Waals surface area contributed by atoms with Crippen molar-refractivity contribution < 1.29 is 27.8 Å². The van der Waals surface area contributed by atoms with E-state index in [9.17, 15) is 13.6 Å². The summed E-state index contributed by atoms with van der Waals surface area (Å²) in [5.74, 6) is -0.446. The van der Waals surface area contributed by atoms with Crippen LogP contribution in [0.25, 0.3) is 0 Å². The van der Waals surface area contributed by atoms with Crippen molar-refractivity contribution in [1.29, 1.82) is 0 Å².